The van der Waals surface area contributed by atoms with Gasteiger partial charge in [0.15, 0.2) is 0 Å². The Morgan fingerprint density at radius 2 is 1.74 bits per heavy atom. The summed E-state index contributed by atoms with van der Waals surface area (Å²) in [6.07, 6.45) is 5.57. The second-order valence-electron chi connectivity index (χ2n) is 4.58. The van der Waals surface area contributed by atoms with Crippen molar-refractivity contribution < 1.29 is 0 Å². The van der Waals surface area contributed by atoms with E-state index >= 15 is 0 Å². The lowest BCUT2D eigenvalue weighted by Crippen LogP contribution is -1.96. The van der Waals surface area contributed by atoms with E-state index in [1.807, 2.05) is 30.5 Å². The molecule has 0 amide bonds. The van der Waals surface area contributed by atoms with Crippen molar-refractivity contribution in [3.8, 4) is 0 Å². The summed E-state index contributed by atoms with van der Waals surface area (Å²) in [5, 5.41) is 1.23. The number of benzene rings is 1. The van der Waals surface area contributed by atoms with Crippen LogP contribution in [0, 0.1) is 0 Å². The smallest absolute Gasteiger partial charge is 0.123 e. The second kappa shape index (κ2) is 5.06. The maximum absolute atomic E-state index is 5.70. The Hall–Kier alpha value is -2.42. The van der Waals surface area contributed by atoms with Gasteiger partial charge in [-0.25, -0.2) is 4.98 Å². The molecule has 0 fully saturated rings. The molecule has 0 saturated carbocycles. The number of hydrogen-bond acceptors (Lipinski definition) is 3. The van der Waals surface area contributed by atoms with Crippen molar-refractivity contribution in [2.75, 3.05) is 5.73 Å². The Labute approximate surface area is 112 Å². The molecule has 0 spiro atoms. The minimum Gasteiger partial charge on any atom is -0.384 e. The zero-order valence-electron chi connectivity index (χ0n) is 10.6. The van der Waals surface area contributed by atoms with Crippen molar-refractivity contribution in [1.82, 2.24) is 9.97 Å². The van der Waals surface area contributed by atoms with Crippen LogP contribution in [0.25, 0.3) is 10.9 Å². The van der Waals surface area contributed by atoms with Gasteiger partial charge < -0.3 is 5.73 Å². The van der Waals surface area contributed by atoms with Crippen LogP contribution in [0.1, 0.15) is 11.1 Å². The van der Waals surface area contributed by atoms with Gasteiger partial charge in [-0.3, -0.25) is 4.98 Å². The van der Waals surface area contributed by atoms with E-state index in [1.54, 1.807) is 6.20 Å². The first-order valence-corrected chi connectivity index (χ1v) is 6.36. The highest BCUT2D eigenvalue weighted by Crippen LogP contribution is 2.18. The molecule has 2 N–H and O–H groups in total. The number of aryl methyl sites for hydroxylation is 2. The van der Waals surface area contributed by atoms with Gasteiger partial charge in [0.05, 0.1) is 5.52 Å². The fourth-order valence-corrected chi connectivity index (χ4v) is 2.30. The van der Waals surface area contributed by atoms with Gasteiger partial charge in [-0.1, -0.05) is 18.2 Å². The molecule has 0 bridgehead atoms. The lowest BCUT2D eigenvalue weighted by Gasteiger charge is -2.06. The normalized spacial score (nSPS) is 10.7. The van der Waals surface area contributed by atoms with E-state index in [2.05, 4.69) is 28.2 Å². The quantitative estimate of drug-likeness (QED) is 0.776. The van der Waals surface area contributed by atoms with Gasteiger partial charge in [-0.2, -0.15) is 0 Å². The summed E-state index contributed by atoms with van der Waals surface area (Å²) in [5.41, 5.74) is 9.28. The maximum Gasteiger partial charge on any atom is 0.123 e. The van der Waals surface area contributed by atoms with Crippen molar-refractivity contribution in [1.29, 1.82) is 0 Å². The van der Waals surface area contributed by atoms with Gasteiger partial charge in [-0.05, 0) is 48.2 Å². The number of pyridine rings is 2. The van der Waals surface area contributed by atoms with Crippen LogP contribution in [0.3, 0.4) is 0 Å². The number of nitrogen functional groups attached to an aromatic ring is 1. The van der Waals surface area contributed by atoms with Gasteiger partial charge in [-0.15, -0.1) is 0 Å². The predicted molar refractivity (Wildman–Crippen MR) is 77.8 cm³/mol. The summed E-state index contributed by atoms with van der Waals surface area (Å²) in [6, 6.07) is 14.3. The van der Waals surface area contributed by atoms with Crippen molar-refractivity contribution in [2.45, 2.75) is 12.8 Å². The van der Waals surface area contributed by atoms with Gasteiger partial charge >= 0.3 is 0 Å². The van der Waals surface area contributed by atoms with Gasteiger partial charge in [0.1, 0.15) is 5.82 Å². The Bertz CT molecular complexity index is 702. The molecular formula is C16H15N3. The monoisotopic (exact) mass is 249 g/mol. The third kappa shape index (κ3) is 2.55. The van der Waals surface area contributed by atoms with Crippen molar-refractivity contribution in [3.63, 3.8) is 0 Å². The van der Waals surface area contributed by atoms with Gasteiger partial charge in [0.25, 0.3) is 0 Å². The number of anilines is 1. The molecule has 1 aromatic carbocycles. The van der Waals surface area contributed by atoms with E-state index in [4.69, 9.17) is 5.73 Å². The van der Waals surface area contributed by atoms with Crippen molar-refractivity contribution >= 4 is 16.7 Å². The molecule has 3 heteroatoms. The van der Waals surface area contributed by atoms with Crippen LogP contribution in [0.15, 0.2) is 54.9 Å². The molecule has 3 nitrogen and oxygen atoms in total. The first-order valence-electron chi connectivity index (χ1n) is 6.36. The predicted octanol–water partition coefficient (Wildman–Crippen LogP) is 3.00. The minimum atomic E-state index is 0.581. The van der Waals surface area contributed by atoms with E-state index in [-0.39, 0.29) is 0 Å². The van der Waals surface area contributed by atoms with Crippen LogP contribution in [0.5, 0.6) is 0 Å². The maximum atomic E-state index is 5.70. The molecule has 0 atom stereocenters. The zero-order chi connectivity index (χ0) is 13.1. The summed E-state index contributed by atoms with van der Waals surface area (Å²) >= 11 is 0. The largest absolute Gasteiger partial charge is 0.384 e. The van der Waals surface area contributed by atoms with E-state index in [1.165, 1.54) is 16.5 Å². The van der Waals surface area contributed by atoms with E-state index in [9.17, 15) is 0 Å². The fourth-order valence-electron chi connectivity index (χ4n) is 2.30. The molecule has 3 rings (SSSR count). The summed E-state index contributed by atoms with van der Waals surface area (Å²) in [5.74, 6) is 0.581. The molecule has 0 aliphatic rings. The first-order chi connectivity index (χ1) is 9.33. The number of rotatable bonds is 3. The molecule has 0 saturated heterocycles. The molecule has 19 heavy (non-hydrogen) atoms. The van der Waals surface area contributed by atoms with Crippen LogP contribution >= 0.6 is 0 Å². The van der Waals surface area contributed by atoms with Crippen LogP contribution in [-0.2, 0) is 12.8 Å². The summed E-state index contributed by atoms with van der Waals surface area (Å²) in [4.78, 5) is 8.39. The first kappa shape index (κ1) is 11.7. The van der Waals surface area contributed by atoms with Gasteiger partial charge in [0.2, 0.25) is 0 Å². The Morgan fingerprint density at radius 1 is 0.895 bits per heavy atom. The van der Waals surface area contributed by atoms with E-state index in [0.29, 0.717) is 5.82 Å². The third-order valence-electron chi connectivity index (χ3n) is 3.27. The minimum absolute atomic E-state index is 0.581. The Morgan fingerprint density at radius 3 is 2.63 bits per heavy atom. The Kier molecular flexibility index (Phi) is 3.11. The number of aromatic nitrogens is 2. The molecule has 0 aliphatic carbocycles. The zero-order valence-corrected chi connectivity index (χ0v) is 10.6. The van der Waals surface area contributed by atoms with Crippen molar-refractivity contribution in [3.05, 3.63) is 66.0 Å². The van der Waals surface area contributed by atoms with E-state index < -0.39 is 0 Å². The van der Waals surface area contributed by atoms with Crippen molar-refractivity contribution in [2.24, 2.45) is 0 Å². The Balaban J connectivity index is 1.86. The van der Waals surface area contributed by atoms with Crippen LogP contribution in [0.4, 0.5) is 5.82 Å². The SMILES string of the molecule is Nc1cc(CCc2ccnc3ccccc23)ccn1. The lowest BCUT2D eigenvalue weighted by atomic mass is 10.0. The average Bonchev–Trinajstić information content (AvgIpc) is 2.45. The molecule has 2 heterocycles. The topological polar surface area (TPSA) is 51.8 Å². The van der Waals surface area contributed by atoms with Crippen LogP contribution in [0.2, 0.25) is 0 Å². The second-order valence-corrected chi connectivity index (χ2v) is 4.58. The highest BCUT2D eigenvalue weighted by Gasteiger charge is 2.02. The highest BCUT2D eigenvalue weighted by molar-refractivity contribution is 5.81. The number of fused-ring (bicyclic) bond motifs is 1. The summed E-state index contributed by atoms with van der Waals surface area (Å²) in [7, 11) is 0. The molecule has 0 unspecified atom stereocenters. The fraction of sp³-hybridized carbons (Fsp3) is 0.125. The molecule has 3 aromatic rings. The molecule has 0 radical (unpaired) electrons. The number of nitrogens with two attached hydrogens (primary N) is 1. The number of nitrogens with zero attached hydrogens (tertiary/aromatic N) is 2. The van der Waals surface area contributed by atoms with Crippen LogP contribution in [-0.4, -0.2) is 9.97 Å². The molecule has 2 aromatic heterocycles. The lowest BCUT2D eigenvalue weighted by molar-refractivity contribution is 0.963. The summed E-state index contributed by atoms with van der Waals surface area (Å²) in [6.45, 7) is 0. The molecule has 0 aliphatic heterocycles. The average molecular weight is 249 g/mol. The third-order valence-corrected chi connectivity index (χ3v) is 3.27. The molecule has 94 valence electrons. The summed E-state index contributed by atoms with van der Waals surface area (Å²) < 4.78 is 0. The highest BCUT2D eigenvalue weighted by atomic mass is 14.8. The number of hydrogen-bond donors (Lipinski definition) is 1. The van der Waals surface area contributed by atoms with Gasteiger partial charge in [0, 0.05) is 17.8 Å². The standard InChI is InChI=1S/C16H15N3/c17-16-11-12(7-9-19-16)5-6-13-8-10-18-15-4-2-1-3-14(13)15/h1-4,7-11H,5-6H2,(H2,17,19). The number of para-hydroxylation sites is 1. The molecular weight excluding hydrogens is 234 g/mol. The van der Waals surface area contributed by atoms with E-state index in [0.717, 1.165) is 18.4 Å². The van der Waals surface area contributed by atoms with Crippen LogP contribution < -0.4 is 5.73 Å².